The second-order valence-corrected chi connectivity index (χ2v) is 4.96. The highest BCUT2D eigenvalue weighted by Gasteiger charge is 2.23. The summed E-state index contributed by atoms with van der Waals surface area (Å²) in [6, 6.07) is 1.71. The van der Waals surface area contributed by atoms with Crippen molar-refractivity contribution in [3.05, 3.63) is 22.6 Å². The number of hydrogen-bond acceptors (Lipinski definition) is 3. The largest absolute Gasteiger partial charge is 0.457 e. The molecule has 1 amide bonds. The SMILES string of the molecule is CCCN1CCN(C(=O)c2ccoc2Br)CC1. The predicted octanol–water partition coefficient (Wildman–Crippen LogP) is 2.21. The average Bonchev–Trinajstić information content (AvgIpc) is 2.76. The number of furan rings is 1. The van der Waals surface area contributed by atoms with Crippen LogP contribution in [-0.2, 0) is 0 Å². The Bertz CT molecular complexity index is 384. The first-order chi connectivity index (χ1) is 8.22. The summed E-state index contributed by atoms with van der Waals surface area (Å²) in [6.07, 6.45) is 2.70. The van der Waals surface area contributed by atoms with Crippen molar-refractivity contribution < 1.29 is 9.21 Å². The van der Waals surface area contributed by atoms with Crippen LogP contribution in [0.25, 0.3) is 0 Å². The number of carbonyl (C=O) groups is 1. The van der Waals surface area contributed by atoms with Gasteiger partial charge < -0.3 is 9.32 Å². The standard InChI is InChI=1S/C12H17BrN2O2/c1-2-4-14-5-7-15(8-6-14)12(16)10-3-9-17-11(10)13/h3,9H,2,4-8H2,1H3. The minimum Gasteiger partial charge on any atom is -0.457 e. The lowest BCUT2D eigenvalue weighted by Crippen LogP contribution is -2.48. The summed E-state index contributed by atoms with van der Waals surface area (Å²) in [5.41, 5.74) is 0.619. The van der Waals surface area contributed by atoms with Gasteiger partial charge in [-0.05, 0) is 35.0 Å². The van der Waals surface area contributed by atoms with Gasteiger partial charge in [-0.2, -0.15) is 0 Å². The zero-order valence-corrected chi connectivity index (χ0v) is 11.6. The maximum Gasteiger partial charge on any atom is 0.258 e. The Morgan fingerprint density at radius 2 is 2.12 bits per heavy atom. The Labute approximate surface area is 110 Å². The van der Waals surface area contributed by atoms with E-state index in [-0.39, 0.29) is 5.91 Å². The molecule has 0 atom stereocenters. The maximum atomic E-state index is 12.2. The minimum atomic E-state index is 0.0572. The first-order valence-corrected chi connectivity index (χ1v) is 6.76. The molecule has 4 nitrogen and oxygen atoms in total. The number of amides is 1. The van der Waals surface area contributed by atoms with Crippen molar-refractivity contribution in [1.29, 1.82) is 0 Å². The highest BCUT2D eigenvalue weighted by atomic mass is 79.9. The molecule has 0 radical (unpaired) electrons. The molecule has 0 aliphatic carbocycles. The van der Waals surface area contributed by atoms with Crippen molar-refractivity contribution in [2.24, 2.45) is 0 Å². The molecule has 0 N–H and O–H groups in total. The van der Waals surface area contributed by atoms with Crippen molar-refractivity contribution in [2.45, 2.75) is 13.3 Å². The van der Waals surface area contributed by atoms with Crippen molar-refractivity contribution >= 4 is 21.8 Å². The average molecular weight is 301 g/mol. The summed E-state index contributed by atoms with van der Waals surface area (Å²) in [6.45, 7) is 6.84. The Hall–Kier alpha value is -0.810. The van der Waals surface area contributed by atoms with Gasteiger partial charge in [-0.25, -0.2) is 0 Å². The van der Waals surface area contributed by atoms with Crippen LogP contribution in [0.15, 0.2) is 21.4 Å². The fraction of sp³-hybridized carbons (Fsp3) is 0.583. The van der Waals surface area contributed by atoms with Crippen molar-refractivity contribution in [3.8, 4) is 0 Å². The van der Waals surface area contributed by atoms with Gasteiger partial charge in [0.05, 0.1) is 11.8 Å². The van der Waals surface area contributed by atoms with E-state index in [1.807, 2.05) is 4.90 Å². The van der Waals surface area contributed by atoms with Crippen LogP contribution in [-0.4, -0.2) is 48.4 Å². The van der Waals surface area contributed by atoms with Gasteiger partial charge in [0.2, 0.25) is 0 Å². The molecule has 0 saturated carbocycles. The van der Waals surface area contributed by atoms with Crippen LogP contribution >= 0.6 is 15.9 Å². The maximum absolute atomic E-state index is 12.2. The second kappa shape index (κ2) is 5.69. The van der Waals surface area contributed by atoms with E-state index in [9.17, 15) is 4.79 Å². The summed E-state index contributed by atoms with van der Waals surface area (Å²) in [5, 5.41) is 0. The topological polar surface area (TPSA) is 36.7 Å². The van der Waals surface area contributed by atoms with E-state index >= 15 is 0 Å². The molecule has 0 aromatic carbocycles. The summed E-state index contributed by atoms with van der Waals surface area (Å²) in [4.78, 5) is 16.5. The number of piperazine rings is 1. The van der Waals surface area contributed by atoms with E-state index in [1.165, 1.54) is 12.7 Å². The Kier molecular flexibility index (Phi) is 4.23. The van der Waals surface area contributed by atoms with Gasteiger partial charge in [0.15, 0.2) is 4.67 Å². The molecular formula is C12H17BrN2O2. The van der Waals surface area contributed by atoms with Crippen LogP contribution in [0.5, 0.6) is 0 Å². The van der Waals surface area contributed by atoms with E-state index in [0.717, 1.165) is 32.7 Å². The van der Waals surface area contributed by atoms with Crippen molar-refractivity contribution in [3.63, 3.8) is 0 Å². The molecule has 1 aliphatic rings. The van der Waals surface area contributed by atoms with Crippen molar-refractivity contribution in [2.75, 3.05) is 32.7 Å². The molecule has 1 aliphatic heterocycles. The third-order valence-corrected chi connectivity index (χ3v) is 3.66. The molecule has 0 spiro atoms. The number of nitrogens with zero attached hydrogens (tertiary/aromatic N) is 2. The first-order valence-electron chi connectivity index (χ1n) is 5.97. The van der Waals surface area contributed by atoms with Crippen LogP contribution < -0.4 is 0 Å². The molecule has 5 heteroatoms. The summed E-state index contributed by atoms with van der Waals surface area (Å²) in [5.74, 6) is 0.0572. The van der Waals surface area contributed by atoms with E-state index in [1.54, 1.807) is 6.07 Å². The molecule has 1 saturated heterocycles. The molecule has 1 aromatic heterocycles. The molecule has 1 aromatic rings. The summed E-state index contributed by atoms with van der Waals surface area (Å²) < 4.78 is 5.62. The van der Waals surface area contributed by atoms with Gasteiger partial charge in [-0.15, -0.1) is 0 Å². The van der Waals surface area contributed by atoms with Crippen LogP contribution in [0.1, 0.15) is 23.7 Å². The van der Waals surface area contributed by atoms with Gasteiger partial charge in [0, 0.05) is 26.2 Å². The second-order valence-electron chi connectivity index (χ2n) is 4.24. The quantitative estimate of drug-likeness (QED) is 0.859. The molecule has 2 rings (SSSR count). The number of halogens is 1. The lowest BCUT2D eigenvalue weighted by Gasteiger charge is -2.34. The highest BCUT2D eigenvalue weighted by Crippen LogP contribution is 2.20. The zero-order chi connectivity index (χ0) is 12.3. The number of hydrogen-bond donors (Lipinski definition) is 0. The fourth-order valence-electron chi connectivity index (χ4n) is 2.11. The van der Waals surface area contributed by atoms with Gasteiger partial charge in [-0.3, -0.25) is 9.69 Å². The molecule has 0 unspecified atom stereocenters. The van der Waals surface area contributed by atoms with Crippen LogP contribution in [0.3, 0.4) is 0 Å². The Morgan fingerprint density at radius 1 is 1.41 bits per heavy atom. The highest BCUT2D eigenvalue weighted by molar-refractivity contribution is 9.10. The first kappa shape index (κ1) is 12.6. The molecular weight excluding hydrogens is 284 g/mol. The smallest absolute Gasteiger partial charge is 0.258 e. The Morgan fingerprint density at radius 3 is 2.65 bits per heavy atom. The van der Waals surface area contributed by atoms with Gasteiger partial charge in [-0.1, -0.05) is 6.92 Å². The molecule has 0 bridgehead atoms. The van der Waals surface area contributed by atoms with Crippen LogP contribution in [0, 0.1) is 0 Å². The van der Waals surface area contributed by atoms with Gasteiger partial charge >= 0.3 is 0 Å². The van der Waals surface area contributed by atoms with Crippen LogP contribution in [0.2, 0.25) is 0 Å². The predicted molar refractivity (Wildman–Crippen MR) is 69.0 cm³/mol. The van der Waals surface area contributed by atoms with E-state index in [0.29, 0.717) is 10.2 Å². The third-order valence-electron chi connectivity index (χ3n) is 3.05. The fourth-order valence-corrected chi connectivity index (χ4v) is 2.52. The van der Waals surface area contributed by atoms with E-state index < -0.39 is 0 Å². The number of rotatable bonds is 3. The minimum absolute atomic E-state index is 0.0572. The van der Waals surface area contributed by atoms with Crippen molar-refractivity contribution in [1.82, 2.24) is 9.80 Å². The summed E-state index contributed by atoms with van der Waals surface area (Å²) in [7, 11) is 0. The van der Waals surface area contributed by atoms with Gasteiger partial charge in [0.1, 0.15) is 0 Å². The Balaban J connectivity index is 1.93. The molecule has 17 heavy (non-hydrogen) atoms. The summed E-state index contributed by atoms with van der Waals surface area (Å²) >= 11 is 3.25. The van der Waals surface area contributed by atoms with E-state index in [4.69, 9.17) is 4.42 Å². The normalized spacial score (nSPS) is 17.4. The lowest BCUT2D eigenvalue weighted by atomic mass is 10.2. The van der Waals surface area contributed by atoms with Gasteiger partial charge in [0.25, 0.3) is 5.91 Å². The van der Waals surface area contributed by atoms with E-state index in [2.05, 4.69) is 27.8 Å². The lowest BCUT2D eigenvalue weighted by molar-refractivity contribution is 0.0635. The molecule has 94 valence electrons. The molecule has 2 heterocycles. The third kappa shape index (κ3) is 2.90. The monoisotopic (exact) mass is 300 g/mol. The molecule has 1 fully saturated rings. The number of carbonyl (C=O) groups excluding carboxylic acids is 1. The van der Waals surface area contributed by atoms with Crippen LogP contribution in [0.4, 0.5) is 0 Å². The zero-order valence-electron chi connectivity index (χ0n) is 9.99.